The minimum atomic E-state index is -0.746. The first-order chi connectivity index (χ1) is 17.9. The van der Waals surface area contributed by atoms with Gasteiger partial charge in [-0.15, -0.1) is 10.2 Å². The minimum Gasteiger partial charge on any atom is -0.477 e. The van der Waals surface area contributed by atoms with Crippen molar-refractivity contribution in [1.29, 1.82) is 0 Å². The molecule has 2 aromatic rings. The topological polar surface area (TPSA) is 147 Å². The molecule has 38 heavy (non-hydrogen) atoms. The van der Waals surface area contributed by atoms with Gasteiger partial charge in [0.2, 0.25) is 17.7 Å². The number of nitrogens with one attached hydrogen (secondary N) is 1. The molecule has 6 rings (SSSR count). The van der Waals surface area contributed by atoms with Crippen molar-refractivity contribution in [3.05, 3.63) is 29.6 Å². The number of rotatable bonds is 9. The van der Waals surface area contributed by atoms with Crippen molar-refractivity contribution in [2.45, 2.75) is 89.7 Å². The highest BCUT2D eigenvalue weighted by atomic mass is 16.6. The lowest BCUT2D eigenvalue weighted by atomic mass is 9.51. The molecule has 2 heterocycles. The highest BCUT2D eigenvalue weighted by molar-refractivity contribution is 5.97. The van der Waals surface area contributed by atoms with Gasteiger partial charge in [0.15, 0.2) is 0 Å². The maximum atomic E-state index is 13.7. The maximum Gasteiger partial charge on any atom is 0.405 e. The van der Waals surface area contributed by atoms with E-state index in [4.69, 9.17) is 19.6 Å². The summed E-state index contributed by atoms with van der Waals surface area (Å²) < 4.78 is 19.0. The van der Waals surface area contributed by atoms with Crippen LogP contribution in [0.4, 0.5) is 4.79 Å². The summed E-state index contributed by atoms with van der Waals surface area (Å²) in [6.07, 6.45) is 9.47. The van der Waals surface area contributed by atoms with Crippen LogP contribution in [-0.4, -0.2) is 49.7 Å². The Balaban J connectivity index is 1.40. The van der Waals surface area contributed by atoms with Gasteiger partial charge in [0.1, 0.15) is 11.2 Å². The summed E-state index contributed by atoms with van der Waals surface area (Å²) >= 11 is 0. The van der Waals surface area contributed by atoms with Crippen molar-refractivity contribution in [3.63, 3.8) is 0 Å². The fourth-order valence-corrected chi connectivity index (χ4v) is 6.85. The Morgan fingerprint density at radius 2 is 1.97 bits per heavy atom. The van der Waals surface area contributed by atoms with Crippen LogP contribution in [0.5, 0.6) is 5.88 Å². The van der Waals surface area contributed by atoms with Crippen LogP contribution >= 0.6 is 0 Å². The van der Waals surface area contributed by atoms with E-state index < -0.39 is 22.6 Å². The smallest absolute Gasteiger partial charge is 0.405 e. The van der Waals surface area contributed by atoms with Crippen LogP contribution in [0.3, 0.4) is 0 Å². The Morgan fingerprint density at radius 1 is 1.26 bits per heavy atom. The summed E-state index contributed by atoms with van der Waals surface area (Å²) in [5.74, 6) is 2.15. The molecular weight excluding hydrogens is 488 g/mol. The maximum absolute atomic E-state index is 13.7. The Bertz CT molecular complexity index is 1230. The van der Waals surface area contributed by atoms with Gasteiger partial charge in [-0.2, -0.15) is 5.10 Å². The van der Waals surface area contributed by atoms with E-state index in [1.165, 1.54) is 6.20 Å². The molecule has 206 valence electrons. The van der Waals surface area contributed by atoms with Crippen molar-refractivity contribution in [3.8, 4) is 5.88 Å². The van der Waals surface area contributed by atoms with Crippen molar-refractivity contribution >= 4 is 18.2 Å². The van der Waals surface area contributed by atoms with Crippen molar-refractivity contribution < 1.29 is 23.5 Å². The predicted octanol–water partition coefficient (Wildman–Crippen LogP) is 3.97. The zero-order chi connectivity index (χ0) is 27.3. The first kappa shape index (κ1) is 26.2. The van der Waals surface area contributed by atoms with Gasteiger partial charge >= 0.3 is 6.09 Å². The highest BCUT2D eigenvalue weighted by Gasteiger charge is 2.60. The molecule has 2 aromatic heterocycles. The molecule has 0 aliphatic heterocycles. The zero-order valence-corrected chi connectivity index (χ0v) is 22.8. The van der Waals surface area contributed by atoms with E-state index in [1.807, 2.05) is 33.8 Å². The molecule has 0 spiro atoms. The third-order valence-corrected chi connectivity index (χ3v) is 7.96. The van der Waals surface area contributed by atoms with E-state index in [-0.39, 0.29) is 11.8 Å². The molecule has 0 radical (unpaired) electrons. The predicted molar refractivity (Wildman–Crippen MR) is 138 cm³/mol. The number of hydrogen-bond donors (Lipinski definition) is 2. The SMILES string of the molecule is Cc1nnc(C(C)(C)/C=C/n2ncc(C(=O)N[C@]34CC5CC(C3)C[C@](OC(N)=O)(C5)C4)c2OCC(C)C)o1. The number of allylic oxidation sites excluding steroid dienone is 1. The number of hydrogen-bond acceptors (Lipinski definition) is 8. The number of primary amides is 1. The molecule has 11 nitrogen and oxygen atoms in total. The van der Waals surface area contributed by atoms with Crippen LogP contribution in [0.15, 0.2) is 16.7 Å². The van der Waals surface area contributed by atoms with Gasteiger partial charge in [0.05, 0.1) is 18.2 Å². The normalized spacial score (nSPS) is 28.3. The van der Waals surface area contributed by atoms with Gasteiger partial charge in [-0.05, 0) is 63.7 Å². The zero-order valence-electron chi connectivity index (χ0n) is 22.8. The fourth-order valence-electron chi connectivity index (χ4n) is 6.85. The van der Waals surface area contributed by atoms with Gasteiger partial charge in [0.25, 0.3) is 5.91 Å². The van der Waals surface area contributed by atoms with Gasteiger partial charge in [-0.1, -0.05) is 19.9 Å². The summed E-state index contributed by atoms with van der Waals surface area (Å²) in [5, 5.41) is 15.8. The summed E-state index contributed by atoms with van der Waals surface area (Å²) in [5.41, 5.74) is 4.20. The first-order valence-corrected chi connectivity index (χ1v) is 13.4. The third kappa shape index (κ3) is 5.15. The number of nitrogens with two attached hydrogens (primary N) is 1. The van der Waals surface area contributed by atoms with Crippen LogP contribution in [0.2, 0.25) is 0 Å². The first-order valence-electron chi connectivity index (χ1n) is 13.4. The number of carbonyl (C=O) groups is 2. The summed E-state index contributed by atoms with van der Waals surface area (Å²) in [6.45, 7) is 10.2. The molecule has 4 bridgehead atoms. The fraction of sp³-hybridized carbons (Fsp3) is 0.667. The molecule has 4 aliphatic rings. The van der Waals surface area contributed by atoms with E-state index in [0.29, 0.717) is 48.1 Å². The molecule has 2 unspecified atom stereocenters. The molecule has 11 heteroatoms. The number of nitrogens with zero attached hydrogens (tertiary/aromatic N) is 4. The molecular formula is C27H38N6O5. The van der Waals surface area contributed by atoms with Crippen molar-refractivity contribution in [2.75, 3.05) is 6.61 Å². The van der Waals surface area contributed by atoms with Crippen molar-refractivity contribution in [1.82, 2.24) is 25.3 Å². The lowest BCUT2D eigenvalue weighted by Gasteiger charge is -2.61. The summed E-state index contributed by atoms with van der Waals surface area (Å²) in [4.78, 5) is 25.4. The number of aromatic nitrogens is 4. The van der Waals surface area contributed by atoms with Crippen LogP contribution < -0.4 is 15.8 Å². The third-order valence-electron chi connectivity index (χ3n) is 7.96. The van der Waals surface area contributed by atoms with Crippen LogP contribution in [0.25, 0.3) is 6.20 Å². The van der Waals surface area contributed by atoms with Crippen LogP contribution in [0.1, 0.15) is 88.4 Å². The van der Waals surface area contributed by atoms with E-state index >= 15 is 0 Å². The average molecular weight is 527 g/mol. The second kappa shape index (κ2) is 9.43. The second-order valence-corrected chi connectivity index (χ2v) is 12.5. The van der Waals surface area contributed by atoms with Gasteiger partial charge in [0, 0.05) is 25.1 Å². The largest absolute Gasteiger partial charge is 0.477 e. The quantitative estimate of drug-likeness (QED) is 0.499. The van der Waals surface area contributed by atoms with Gasteiger partial charge in [-0.25, -0.2) is 9.48 Å². The number of ether oxygens (including phenoxy) is 2. The van der Waals surface area contributed by atoms with E-state index in [0.717, 1.165) is 32.1 Å². The second-order valence-electron chi connectivity index (χ2n) is 12.5. The van der Waals surface area contributed by atoms with Crippen molar-refractivity contribution in [2.24, 2.45) is 23.5 Å². The van der Waals surface area contributed by atoms with Crippen LogP contribution in [0, 0.1) is 24.7 Å². The van der Waals surface area contributed by atoms with E-state index in [9.17, 15) is 9.59 Å². The van der Waals surface area contributed by atoms with E-state index in [2.05, 4.69) is 20.6 Å². The monoisotopic (exact) mass is 526 g/mol. The van der Waals surface area contributed by atoms with E-state index in [1.54, 1.807) is 17.8 Å². The molecule has 3 N–H and O–H groups in total. The molecule has 4 fully saturated rings. The van der Waals surface area contributed by atoms with Gasteiger partial charge in [-0.3, -0.25) is 4.79 Å². The minimum absolute atomic E-state index is 0.244. The standard InChI is InChI=1S/C27H38N6O5/c1-16(2)14-36-22-20(13-29-33(22)7-6-25(4,5)23-32-31-17(3)37-23)21(34)30-26-9-18-8-19(10-26)12-27(11-18,15-26)38-24(28)35/h6-7,13,16,18-19H,8-12,14-15H2,1-5H3,(H2,28,35)(H,30,34)/b7-6+/t18?,19?,26-,27-. The number of carbonyl (C=O) groups excluding carboxylic acids is 2. The molecule has 0 saturated heterocycles. The molecule has 2 amide bonds. The summed E-state index contributed by atoms with van der Waals surface area (Å²) in [6, 6.07) is 0. The molecule has 2 atom stereocenters. The average Bonchev–Trinajstić information content (AvgIpc) is 3.40. The highest BCUT2D eigenvalue weighted by Crippen LogP contribution is 2.59. The number of aryl methyl sites for hydroxylation is 1. The molecule has 4 saturated carbocycles. The number of amides is 2. The Hall–Kier alpha value is -3.37. The Labute approximate surface area is 222 Å². The van der Waals surface area contributed by atoms with Gasteiger partial charge < -0.3 is 24.9 Å². The lowest BCUT2D eigenvalue weighted by molar-refractivity contribution is -0.139. The lowest BCUT2D eigenvalue weighted by Crippen LogP contribution is -2.66. The summed E-state index contributed by atoms with van der Waals surface area (Å²) in [7, 11) is 0. The Morgan fingerprint density at radius 3 is 2.58 bits per heavy atom. The Kier molecular flexibility index (Phi) is 6.51. The molecule has 0 aromatic carbocycles. The van der Waals surface area contributed by atoms with Crippen LogP contribution in [-0.2, 0) is 10.2 Å². The molecule has 4 aliphatic carbocycles.